The molecule has 9 heteroatoms. The van der Waals surface area contributed by atoms with E-state index in [0.29, 0.717) is 6.54 Å². The van der Waals surface area contributed by atoms with Crippen molar-refractivity contribution in [1.29, 1.82) is 0 Å². The third-order valence-corrected chi connectivity index (χ3v) is 4.18. The Kier molecular flexibility index (Phi) is 4.76. The van der Waals surface area contributed by atoms with Crippen LogP contribution in [0.15, 0.2) is 36.9 Å². The fourth-order valence-corrected chi connectivity index (χ4v) is 2.87. The zero-order valence-electron chi connectivity index (χ0n) is 13.5. The summed E-state index contributed by atoms with van der Waals surface area (Å²) in [6, 6.07) is 4.70. The number of hydrogen-bond donors (Lipinski definition) is 0. The largest absolute Gasteiger partial charge is 0.416 e. The summed E-state index contributed by atoms with van der Waals surface area (Å²) in [7, 11) is 0. The number of morpholine rings is 1. The Labute approximate surface area is 142 Å². The van der Waals surface area contributed by atoms with Crippen molar-refractivity contribution >= 4 is 5.91 Å². The molecule has 1 fully saturated rings. The average molecular weight is 354 g/mol. The van der Waals surface area contributed by atoms with E-state index in [1.165, 1.54) is 40.4 Å². The van der Waals surface area contributed by atoms with Crippen LogP contribution < -0.4 is 0 Å². The first-order valence-electron chi connectivity index (χ1n) is 7.78. The van der Waals surface area contributed by atoms with Gasteiger partial charge in [-0.1, -0.05) is 18.2 Å². The molecule has 134 valence electrons. The number of alkyl halides is 3. The Morgan fingerprint density at radius 1 is 1.36 bits per heavy atom. The molecule has 2 atom stereocenters. The van der Waals surface area contributed by atoms with Crippen molar-refractivity contribution in [2.45, 2.75) is 25.2 Å². The molecule has 0 spiro atoms. The smallest absolute Gasteiger partial charge is 0.370 e. The monoisotopic (exact) mass is 354 g/mol. The van der Waals surface area contributed by atoms with Gasteiger partial charge in [0.05, 0.1) is 18.7 Å². The van der Waals surface area contributed by atoms with Gasteiger partial charge in [-0.05, 0) is 18.6 Å². The van der Waals surface area contributed by atoms with Crippen molar-refractivity contribution in [2.75, 3.05) is 19.7 Å². The molecule has 0 radical (unpaired) electrons. The maximum Gasteiger partial charge on any atom is 0.416 e. The molecule has 1 aliphatic rings. The third kappa shape index (κ3) is 3.65. The number of halogens is 3. The number of carbonyl (C=O) groups is 1. The lowest BCUT2D eigenvalue weighted by atomic mass is 10.0. The van der Waals surface area contributed by atoms with Crippen LogP contribution in [0.4, 0.5) is 13.2 Å². The Morgan fingerprint density at radius 3 is 2.80 bits per heavy atom. The number of benzene rings is 1. The molecule has 1 aromatic carbocycles. The van der Waals surface area contributed by atoms with Gasteiger partial charge in [0.15, 0.2) is 0 Å². The van der Waals surface area contributed by atoms with Gasteiger partial charge in [-0.15, -0.1) is 0 Å². The summed E-state index contributed by atoms with van der Waals surface area (Å²) in [6.07, 6.45) is -2.54. The summed E-state index contributed by atoms with van der Waals surface area (Å²) in [5.41, 5.74) is -0.695. The first kappa shape index (κ1) is 17.4. The quantitative estimate of drug-likeness (QED) is 0.850. The summed E-state index contributed by atoms with van der Waals surface area (Å²) in [5.74, 6) is -0.233. The van der Waals surface area contributed by atoms with Gasteiger partial charge in [-0.2, -0.15) is 18.3 Å². The van der Waals surface area contributed by atoms with E-state index < -0.39 is 23.9 Å². The van der Waals surface area contributed by atoms with Crippen LogP contribution in [0, 0.1) is 0 Å². The van der Waals surface area contributed by atoms with E-state index >= 15 is 0 Å². The van der Waals surface area contributed by atoms with Crippen LogP contribution in [0.5, 0.6) is 0 Å². The molecular formula is C16H17F3N4O2. The van der Waals surface area contributed by atoms with E-state index in [1.807, 2.05) is 0 Å². The second kappa shape index (κ2) is 6.83. The van der Waals surface area contributed by atoms with Gasteiger partial charge in [-0.3, -0.25) is 4.79 Å². The second-order valence-electron chi connectivity index (χ2n) is 5.78. The predicted octanol–water partition coefficient (Wildman–Crippen LogP) is 2.46. The molecule has 1 saturated heterocycles. The highest BCUT2D eigenvalue weighted by Crippen LogP contribution is 2.36. The molecule has 1 aromatic heterocycles. The summed E-state index contributed by atoms with van der Waals surface area (Å²) >= 11 is 0. The molecule has 25 heavy (non-hydrogen) atoms. The Hall–Kier alpha value is -2.42. The van der Waals surface area contributed by atoms with Crippen LogP contribution in [0.3, 0.4) is 0 Å². The van der Waals surface area contributed by atoms with Crippen molar-refractivity contribution in [1.82, 2.24) is 19.7 Å². The lowest BCUT2D eigenvalue weighted by molar-refractivity contribution is -0.145. The highest BCUT2D eigenvalue weighted by Gasteiger charge is 2.37. The lowest BCUT2D eigenvalue weighted by Crippen LogP contribution is -2.45. The zero-order chi connectivity index (χ0) is 18.0. The van der Waals surface area contributed by atoms with E-state index in [4.69, 9.17) is 4.74 Å². The molecule has 0 saturated carbocycles. The number of ether oxygens (including phenoxy) is 1. The average Bonchev–Trinajstić information content (AvgIpc) is 3.14. The molecule has 0 N–H and O–H groups in total. The van der Waals surface area contributed by atoms with Crippen molar-refractivity contribution in [3.05, 3.63) is 48.0 Å². The molecule has 0 aliphatic carbocycles. The Bertz CT molecular complexity index is 733. The lowest BCUT2D eigenvalue weighted by Gasteiger charge is -2.35. The number of rotatable bonds is 3. The Balaban J connectivity index is 1.79. The summed E-state index contributed by atoms with van der Waals surface area (Å²) in [6.45, 7) is 2.23. The Morgan fingerprint density at radius 2 is 2.12 bits per heavy atom. The van der Waals surface area contributed by atoms with Gasteiger partial charge in [0.1, 0.15) is 24.8 Å². The number of nitrogens with zero attached hydrogens (tertiary/aromatic N) is 4. The van der Waals surface area contributed by atoms with Crippen molar-refractivity contribution in [3.8, 4) is 0 Å². The molecule has 6 nitrogen and oxygen atoms in total. The molecule has 1 amide bonds. The number of hydrogen-bond acceptors (Lipinski definition) is 4. The van der Waals surface area contributed by atoms with Gasteiger partial charge < -0.3 is 9.64 Å². The molecule has 1 aliphatic heterocycles. The first-order chi connectivity index (χ1) is 11.9. The minimum Gasteiger partial charge on any atom is -0.370 e. The fraction of sp³-hybridized carbons (Fsp3) is 0.438. The maximum atomic E-state index is 13.2. The van der Waals surface area contributed by atoms with E-state index in [2.05, 4.69) is 10.1 Å². The normalized spacial score (nSPS) is 19.7. The van der Waals surface area contributed by atoms with E-state index in [-0.39, 0.29) is 24.6 Å². The van der Waals surface area contributed by atoms with Gasteiger partial charge in [0, 0.05) is 6.54 Å². The number of carbonyl (C=O) groups excluding carboxylic acids is 1. The van der Waals surface area contributed by atoms with Crippen LogP contribution in [0.2, 0.25) is 0 Å². The molecule has 2 unspecified atom stereocenters. The highest BCUT2D eigenvalue weighted by atomic mass is 19.4. The number of aromatic nitrogens is 3. The van der Waals surface area contributed by atoms with Gasteiger partial charge in [-0.25, -0.2) is 9.67 Å². The summed E-state index contributed by atoms with van der Waals surface area (Å²) in [4.78, 5) is 17.9. The van der Waals surface area contributed by atoms with Crippen LogP contribution in [-0.4, -0.2) is 45.3 Å². The van der Waals surface area contributed by atoms with E-state index in [0.717, 1.165) is 6.07 Å². The predicted molar refractivity (Wildman–Crippen MR) is 81.5 cm³/mol. The third-order valence-electron chi connectivity index (χ3n) is 4.18. The molecule has 2 heterocycles. The molecular weight excluding hydrogens is 337 g/mol. The topological polar surface area (TPSA) is 60.2 Å². The first-order valence-corrected chi connectivity index (χ1v) is 7.78. The van der Waals surface area contributed by atoms with E-state index in [1.54, 1.807) is 6.92 Å². The van der Waals surface area contributed by atoms with Crippen LogP contribution in [-0.2, 0) is 15.7 Å². The van der Waals surface area contributed by atoms with Crippen LogP contribution in [0.25, 0.3) is 0 Å². The van der Waals surface area contributed by atoms with Crippen LogP contribution in [0.1, 0.15) is 30.2 Å². The van der Waals surface area contributed by atoms with Gasteiger partial charge in [0.25, 0.3) is 0 Å². The van der Waals surface area contributed by atoms with Crippen molar-refractivity contribution in [3.63, 3.8) is 0 Å². The standard InChI is InChI=1S/C16H17F3N4O2/c1-11(23-10-20-9-21-23)15(24)22-6-7-25-14(8-22)12-4-2-3-5-13(12)16(17,18)19/h2-5,9-11,14H,6-8H2,1H3. The molecule has 2 aromatic rings. The maximum absolute atomic E-state index is 13.2. The van der Waals surface area contributed by atoms with Crippen LogP contribution >= 0.6 is 0 Å². The molecule has 0 bridgehead atoms. The molecule has 3 rings (SSSR count). The minimum atomic E-state index is -4.47. The number of amides is 1. The van der Waals surface area contributed by atoms with Gasteiger partial charge >= 0.3 is 6.18 Å². The van der Waals surface area contributed by atoms with Gasteiger partial charge in [0.2, 0.25) is 5.91 Å². The van der Waals surface area contributed by atoms with E-state index in [9.17, 15) is 18.0 Å². The SMILES string of the molecule is CC(C(=O)N1CCOC(c2ccccc2C(F)(F)F)C1)n1cncn1. The fourth-order valence-electron chi connectivity index (χ4n) is 2.87. The summed E-state index contributed by atoms with van der Waals surface area (Å²) in [5, 5.41) is 3.93. The highest BCUT2D eigenvalue weighted by molar-refractivity contribution is 5.80. The zero-order valence-corrected chi connectivity index (χ0v) is 13.5. The second-order valence-corrected chi connectivity index (χ2v) is 5.78. The summed E-state index contributed by atoms with van der Waals surface area (Å²) < 4.78 is 46.6. The van der Waals surface area contributed by atoms with Crippen molar-refractivity contribution in [2.24, 2.45) is 0 Å². The minimum absolute atomic E-state index is 0.0425. The van der Waals surface area contributed by atoms with Crippen molar-refractivity contribution < 1.29 is 22.7 Å².